The summed E-state index contributed by atoms with van der Waals surface area (Å²) in [7, 11) is 1.62. The van der Waals surface area contributed by atoms with Gasteiger partial charge in [-0.1, -0.05) is 56.3 Å². The average Bonchev–Trinajstić information content (AvgIpc) is 2.60. The highest BCUT2D eigenvalue weighted by Gasteiger charge is 2.14. The molecule has 0 aliphatic rings. The summed E-state index contributed by atoms with van der Waals surface area (Å²) < 4.78 is 10.6. The smallest absolute Gasteiger partial charge is 0.338 e. The van der Waals surface area contributed by atoms with Crippen molar-refractivity contribution >= 4 is 17.6 Å². The van der Waals surface area contributed by atoms with Crippen LogP contribution in [0.25, 0.3) is 11.6 Å². The fourth-order valence-electron chi connectivity index (χ4n) is 2.21. The summed E-state index contributed by atoms with van der Waals surface area (Å²) in [6.07, 6.45) is 2.71. The first-order valence-corrected chi connectivity index (χ1v) is 8.18. The van der Waals surface area contributed by atoms with Crippen molar-refractivity contribution in [2.24, 2.45) is 5.92 Å². The molecule has 0 saturated heterocycles. The fraction of sp³-hybridized carbons (Fsp3) is 0.286. The molecule has 0 atom stereocenters. The van der Waals surface area contributed by atoms with E-state index in [1.165, 1.54) is 0 Å². The summed E-state index contributed by atoms with van der Waals surface area (Å²) >= 11 is 0. The second-order valence-electron chi connectivity index (χ2n) is 6.02. The maximum Gasteiger partial charge on any atom is 0.338 e. The third kappa shape index (κ3) is 5.27. The second kappa shape index (κ2) is 8.92. The van der Waals surface area contributed by atoms with Crippen LogP contribution in [0, 0.1) is 5.92 Å². The predicted octanol–water partition coefficient (Wildman–Crippen LogP) is 4.83. The SMILES string of the molecule is COc1ccc(C(=Cc2ccccc2)C(=O)OCCC(C)C)cc1. The number of hydrogen-bond donors (Lipinski definition) is 0. The van der Waals surface area contributed by atoms with E-state index in [-0.39, 0.29) is 5.97 Å². The van der Waals surface area contributed by atoms with Gasteiger partial charge in [0, 0.05) is 0 Å². The molecule has 0 unspecified atom stereocenters. The van der Waals surface area contributed by atoms with E-state index in [1.807, 2.05) is 60.7 Å². The number of hydrogen-bond acceptors (Lipinski definition) is 3. The molecule has 2 aromatic rings. The van der Waals surface area contributed by atoms with E-state index in [1.54, 1.807) is 7.11 Å². The summed E-state index contributed by atoms with van der Waals surface area (Å²) in [6.45, 7) is 4.65. The molecule has 0 aliphatic heterocycles. The first kappa shape index (κ1) is 17.8. The lowest BCUT2D eigenvalue weighted by molar-refractivity contribution is -0.136. The van der Waals surface area contributed by atoms with Crippen LogP contribution in [0.15, 0.2) is 54.6 Å². The minimum absolute atomic E-state index is 0.301. The van der Waals surface area contributed by atoms with Crippen molar-refractivity contribution in [2.45, 2.75) is 20.3 Å². The monoisotopic (exact) mass is 324 g/mol. The zero-order chi connectivity index (χ0) is 17.4. The van der Waals surface area contributed by atoms with Crippen molar-refractivity contribution in [2.75, 3.05) is 13.7 Å². The van der Waals surface area contributed by atoms with E-state index in [0.717, 1.165) is 23.3 Å². The molecule has 0 N–H and O–H groups in total. The van der Waals surface area contributed by atoms with E-state index >= 15 is 0 Å². The van der Waals surface area contributed by atoms with Gasteiger partial charge in [-0.25, -0.2) is 4.79 Å². The highest BCUT2D eigenvalue weighted by molar-refractivity contribution is 6.21. The highest BCUT2D eigenvalue weighted by atomic mass is 16.5. The van der Waals surface area contributed by atoms with Crippen molar-refractivity contribution in [1.29, 1.82) is 0 Å². The quantitative estimate of drug-likeness (QED) is 0.416. The summed E-state index contributed by atoms with van der Waals surface area (Å²) in [5, 5.41) is 0. The van der Waals surface area contributed by atoms with Crippen LogP contribution in [-0.4, -0.2) is 19.7 Å². The van der Waals surface area contributed by atoms with Crippen LogP contribution in [0.2, 0.25) is 0 Å². The van der Waals surface area contributed by atoms with Crippen LogP contribution in [0.3, 0.4) is 0 Å². The van der Waals surface area contributed by atoms with Crippen LogP contribution in [0.1, 0.15) is 31.4 Å². The summed E-state index contributed by atoms with van der Waals surface area (Å²) in [5.41, 5.74) is 2.32. The fourth-order valence-corrected chi connectivity index (χ4v) is 2.21. The Kier molecular flexibility index (Phi) is 6.62. The van der Waals surface area contributed by atoms with Gasteiger partial charge in [-0.05, 0) is 41.7 Å². The van der Waals surface area contributed by atoms with Crippen molar-refractivity contribution in [3.63, 3.8) is 0 Å². The van der Waals surface area contributed by atoms with Gasteiger partial charge in [-0.3, -0.25) is 0 Å². The molecule has 0 fully saturated rings. The lowest BCUT2D eigenvalue weighted by Crippen LogP contribution is -2.10. The molecule has 24 heavy (non-hydrogen) atoms. The zero-order valence-corrected chi connectivity index (χ0v) is 14.5. The normalized spacial score (nSPS) is 11.4. The van der Waals surface area contributed by atoms with Crippen molar-refractivity contribution in [3.8, 4) is 5.75 Å². The first-order valence-electron chi connectivity index (χ1n) is 8.18. The molecule has 3 nitrogen and oxygen atoms in total. The molecule has 0 aliphatic carbocycles. The number of carbonyl (C=O) groups excluding carboxylic acids is 1. The van der Waals surface area contributed by atoms with Crippen molar-refractivity contribution in [3.05, 3.63) is 65.7 Å². The van der Waals surface area contributed by atoms with E-state index in [4.69, 9.17) is 9.47 Å². The third-order valence-electron chi connectivity index (χ3n) is 3.66. The van der Waals surface area contributed by atoms with Gasteiger partial charge in [0.1, 0.15) is 5.75 Å². The summed E-state index contributed by atoms with van der Waals surface area (Å²) in [4.78, 5) is 12.6. The van der Waals surface area contributed by atoms with Gasteiger partial charge < -0.3 is 9.47 Å². The Balaban J connectivity index is 2.26. The average molecular weight is 324 g/mol. The molecule has 2 rings (SSSR count). The Bertz CT molecular complexity index is 670. The number of esters is 1. The molecule has 126 valence electrons. The lowest BCUT2D eigenvalue weighted by Gasteiger charge is -2.11. The Hall–Kier alpha value is -2.55. The van der Waals surface area contributed by atoms with Gasteiger partial charge in [-0.2, -0.15) is 0 Å². The summed E-state index contributed by atoms with van der Waals surface area (Å²) in [6, 6.07) is 17.2. The number of carbonyl (C=O) groups is 1. The third-order valence-corrected chi connectivity index (χ3v) is 3.66. The Morgan fingerprint density at radius 1 is 1.04 bits per heavy atom. The van der Waals surface area contributed by atoms with Gasteiger partial charge in [0.2, 0.25) is 0 Å². The Morgan fingerprint density at radius 2 is 1.71 bits per heavy atom. The number of rotatable bonds is 7. The zero-order valence-electron chi connectivity index (χ0n) is 14.5. The molecule has 2 aromatic carbocycles. The molecule has 0 bridgehead atoms. The molecule has 0 aromatic heterocycles. The van der Waals surface area contributed by atoms with Crippen molar-refractivity contribution in [1.82, 2.24) is 0 Å². The molecule has 0 heterocycles. The van der Waals surface area contributed by atoms with Gasteiger partial charge in [0.05, 0.1) is 19.3 Å². The summed E-state index contributed by atoms with van der Waals surface area (Å²) in [5.74, 6) is 0.955. The maximum absolute atomic E-state index is 12.6. The lowest BCUT2D eigenvalue weighted by atomic mass is 10.0. The van der Waals surface area contributed by atoms with Gasteiger partial charge in [-0.15, -0.1) is 0 Å². The Labute approximate surface area is 143 Å². The minimum atomic E-state index is -0.301. The topological polar surface area (TPSA) is 35.5 Å². The molecule has 0 amide bonds. The van der Waals surface area contributed by atoms with Crippen LogP contribution in [0.4, 0.5) is 0 Å². The standard InChI is InChI=1S/C21H24O3/c1-16(2)13-14-24-21(22)20(15-17-7-5-4-6-8-17)18-9-11-19(23-3)12-10-18/h4-12,15-16H,13-14H2,1-3H3. The number of benzene rings is 2. The van der Waals surface area contributed by atoms with E-state index < -0.39 is 0 Å². The van der Waals surface area contributed by atoms with Crippen LogP contribution in [0.5, 0.6) is 5.75 Å². The highest BCUT2D eigenvalue weighted by Crippen LogP contribution is 2.23. The minimum Gasteiger partial charge on any atom is -0.497 e. The van der Waals surface area contributed by atoms with Crippen molar-refractivity contribution < 1.29 is 14.3 Å². The van der Waals surface area contributed by atoms with Gasteiger partial charge in [0.25, 0.3) is 0 Å². The molecular formula is C21H24O3. The van der Waals surface area contributed by atoms with E-state index in [2.05, 4.69) is 13.8 Å². The number of ether oxygens (including phenoxy) is 2. The van der Waals surface area contributed by atoms with Crippen LogP contribution in [-0.2, 0) is 9.53 Å². The molecule has 0 saturated carbocycles. The second-order valence-corrected chi connectivity index (χ2v) is 6.02. The molecular weight excluding hydrogens is 300 g/mol. The molecule has 0 spiro atoms. The van der Waals surface area contributed by atoms with E-state index in [0.29, 0.717) is 18.1 Å². The van der Waals surface area contributed by atoms with E-state index in [9.17, 15) is 4.79 Å². The van der Waals surface area contributed by atoms with Crippen LogP contribution >= 0.6 is 0 Å². The largest absolute Gasteiger partial charge is 0.497 e. The maximum atomic E-state index is 12.6. The number of methoxy groups -OCH3 is 1. The molecule has 0 radical (unpaired) electrons. The molecule has 3 heteroatoms. The van der Waals surface area contributed by atoms with Crippen LogP contribution < -0.4 is 4.74 Å². The predicted molar refractivity (Wildman–Crippen MR) is 97.7 cm³/mol. The Morgan fingerprint density at radius 3 is 2.29 bits per heavy atom. The first-order chi connectivity index (χ1) is 11.6. The van der Waals surface area contributed by atoms with Gasteiger partial charge >= 0.3 is 5.97 Å². The van der Waals surface area contributed by atoms with Gasteiger partial charge in [0.15, 0.2) is 0 Å².